The number of hydrogen-bond donors (Lipinski definition) is 2. The highest BCUT2D eigenvalue weighted by molar-refractivity contribution is 5.80. The highest BCUT2D eigenvalue weighted by Gasteiger charge is 2.20. The molecule has 1 saturated heterocycles. The van der Waals surface area contributed by atoms with Crippen molar-refractivity contribution in [3.8, 4) is 0 Å². The van der Waals surface area contributed by atoms with Crippen LogP contribution in [-0.4, -0.2) is 48.1 Å². The van der Waals surface area contributed by atoms with E-state index in [1.807, 2.05) is 19.2 Å². The summed E-state index contributed by atoms with van der Waals surface area (Å²) >= 11 is 0. The molecule has 2 N–H and O–H groups in total. The van der Waals surface area contributed by atoms with Crippen molar-refractivity contribution in [2.45, 2.75) is 45.7 Å². The van der Waals surface area contributed by atoms with Gasteiger partial charge in [-0.15, -0.1) is 0 Å². The lowest BCUT2D eigenvalue weighted by atomic mass is 10.0. The number of nitrogens with zero attached hydrogens (tertiary/aromatic N) is 3. The van der Waals surface area contributed by atoms with Gasteiger partial charge in [-0.3, -0.25) is 14.9 Å². The molecule has 2 heterocycles. The Balaban J connectivity index is 1.45. The Hall–Kier alpha value is -2.54. The number of hydrogen-bond acceptors (Lipinski definition) is 3. The number of pyridine rings is 1. The lowest BCUT2D eigenvalue weighted by Gasteiger charge is -2.33. The maximum Gasteiger partial charge on any atom is 0.191 e. The van der Waals surface area contributed by atoms with Gasteiger partial charge >= 0.3 is 0 Å². The van der Waals surface area contributed by atoms with Gasteiger partial charge in [0.15, 0.2) is 17.6 Å². The molecule has 7 heteroatoms. The Kier molecular flexibility index (Phi) is 8.13. The van der Waals surface area contributed by atoms with E-state index in [9.17, 15) is 8.78 Å². The molecule has 0 atom stereocenters. The predicted molar refractivity (Wildman–Crippen MR) is 116 cm³/mol. The van der Waals surface area contributed by atoms with Gasteiger partial charge < -0.3 is 10.6 Å². The number of aromatic nitrogens is 1. The minimum Gasteiger partial charge on any atom is -0.357 e. The molecule has 0 unspecified atom stereocenters. The molecular formula is C23H31F2N5. The zero-order valence-corrected chi connectivity index (χ0v) is 17.8. The van der Waals surface area contributed by atoms with Gasteiger partial charge in [0.1, 0.15) is 0 Å². The predicted octanol–water partition coefficient (Wildman–Crippen LogP) is 3.43. The van der Waals surface area contributed by atoms with Crippen LogP contribution in [0.4, 0.5) is 8.78 Å². The molecule has 0 amide bonds. The molecule has 1 aliphatic rings. The summed E-state index contributed by atoms with van der Waals surface area (Å²) in [6, 6.07) is 8.62. The number of rotatable bonds is 7. The quantitative estimate of drug-likeness (QED) is 0.537. The van der Waals surface area contributed by atoms with Gasteiger partial charge in [-0.05, 0) is 62.4 Å². The number of guanidine groups is 1. The highest BCUT2D eigenvalue weighted by Crippen LogP contribution is 2.16. The van der Waals surface area contributed by atoms with E-state index >= 15 is 0 Å². The molecule has 0 saturated carbocycles. The van der Waals surface area contributed by atoms with Crippen molar-refractivity contribution >= 4 is 5.96 Å². The fourth-order valence-corrected chi connectivity index (χ4v) is 3.59. The summed E-state index contributed by atoms with van der Waals surface area (Å²) in [6.45, 7) is 8.02. The average molecular weight is 416 g/mol. The third-order valence-corrected chi connectivity index (χ3v) is 5.31. The zero-order valence-electron chi connectivity index (χ0n) is 17.8. The van der Waals surface area contributed by atoms with E-state index in [1.54, 1.807) is 6.07 Å². The SMILES string of the molecule is CCNC(=NCCc1ccc(C)nc1)NC1CCN(Cc2ccc(F)c(F)c2)CC1. The first kappa shape index (κ1) is 22.2. The first-order valence-corrected chi connectivity index (χ1v) is 10.7. The van der Waals surface area contributed by atoms with E-state index < -0.39 is 11.6 Å². The number of halogens is 2. The fourth-order valence-electron chi connectivity index (χ4n) is 3.59. The fraction of sp³-hybridized carbons (Fsp3) is 0.478. The summed E-state index contributed by atoms with van der Waals surface area (Å²) in [5, 5.41) is 6.86. The lowest BCUT2D eigenvalue weighted by molar-refractivity contribution is 0.198. The standard InChI is InChI=1S/C23H31F2N5/c1-3-26-23(27-11-8-18-5-4-17(2)28-15-18)29-20-9-12-30(13-10-20)16-19-6-7-21(24)22(25)14-19/h4-7,14-15,20H,3,8-13,16H2,1-2H3,(H2,26,27,29). The highest BCUT2D eigenvalue weighted by atomic mass is 19.2. The van der Waals surface area contributed by atoms with Gasteiger partial charge in [-0.25, -0.2) is 8.78 Å². The van der Waals surface area contributed by atoms with Crippen LogP contribution in [0.5, 0.6) is 0 Å². The van der Waals surface area contributed by atoms with E-state index in [4.69, 9.17) is 4.99 Å². The molecule has 0 bridgehead atoms. The van der Waals surface area contributed by atoms with Crippen LogP contribution >= 0.6 is 0 Å². The number of aryl methyl sites for hydroxylation is 1. The summed E-state index contributed by atoms with van der Waals surface area (Å²) in [5.74, 6) is -0.732. The normalized spacial score (nSPS) is 15.9. The molecule has 5 nitrogen and oxygen atoms in total. The van der Waals surface area contributed by atoms with Crippen molar-refractivity contribution in [2.75, 3.05) is 26.2 Å². The molecule has 30 heavy (non-hydrogen) atoms. The summed E-state index contributed by atoms with van der Waals surface area (Å²) in [5.41, 5.74) is 3.01. The summed E-state index contributed by atoms with van der Waals surface area (Å²) in [4.78, 5) is 11.3. The molecule has 162 valence electrons. The molecule has 3 rings (SSSR count). The number of benzene rings is 1. The molecule has 1 aromatic carbocycles. The van der Waals surface area contributed by atoms with Gasteiger partial charge in [0.2, 0.25) is 0 Å². The molecule has 0 aliphatic carbocycles. The van der Waals surface area contributed by atoms with Crippen LogP contribution in [0, 0.1) is 18.6 Å². The van der Waals surface area contributed by atoms with E-state index in [1.165, 1.54) is 17.7 Å². The topological polar surface area (TPSA) is 52.6 Å². The van der Waals surface area contributed by atoms with Crippen molar-refractivity contribution in [2.24, 2.45) is 4.99 Å². The van der Waals surface area contributed by atoms with Crippen LogP contribution in [0.3, 0.4) is 0 Å². The minimum atomic E-state index is -0.796. The van der Waals surface area contributed by atoms with Crippen molar-refractivity contribution < 1.29 is 8.78 Å². The molecular weight excluding hydrogens is 384 g/mol. The van der Waals surface area contributed by atoms with Gasteiger partial charge in [0, 0.05) is 50.7 Å². The van der Waals surface area contributed by atoms with Gasteiger partial charge in [0.25, 0.3) is 0 Å². The Morgan fingerprint density at radius 2 is 1.90 bits per heavy atom. The molecule has 2 aromatic rings. The first-order chi connectivity index (χ1) is 14.5. The van der Waals surface area contributed by atoms with Crippen LogP contribution in [0.25, 0.3) is 0 Å². The van der Waals surface area contributed by atoms with E-state index in [-0.39, 0.29) is 0 Å². The number of nitrogens with one attached hydrogen (secondary N) is 2. The Labute approximate surface area is 177 Å². The maximum atomic E-state index is 13.4. The number of likely N-dealkylation sites (tertiary alicyclic amines) is 1. The molecule has 0 radical (unpaired) electrons. The smallest absolute Gasteiger partial charge is 0.191 e. The van der Waals surface area contributed by atoms with Crippen molar-refractivity contribution in [3.63, 3.8) is 0 Å². The second-order valence-electron chi connectivity index (χ2n) is 7.76. The van der Waals surface area contributed by atoms with Crippen molar-refractivity contribution in [3.05, 3.63) is 65.0 Å². The van der Waals surface area contributed by atoms with Crippen LogP contribution in [0.2, 0.25) is 0 Å². The van der Waals surface area contributed by atoms with Gasteiger partial charge in [0.05, 0.1) is 0 Å². The molecule has 1 fully saturated rings. The monoisotopic (exact) mass is 415 g/mol. The number of piperidine rings is 1. The second-order valence-corrected chi connectivity index (χ2v) is 7.76. The second kappa shape index (κ2) is 11.0. The molecule has 1 aliphatic heterocycles. The largest absolute Gasteiger partial charge is 0.357 e. The lowest BCUT2D eigenvalue weighted by Crippen LogP contribution is -2.48. The average Bonchev–Trinajstić information content (AvgIpc) is 2.74. The van der Waals surface area contributed by atoms with E-state index in [2.05, 4.69) is 33.5 Å². The third kappa shape index (κ3) is 6.76. The van der Waals surface area contributed by atoms with Crippen LogP contribution in [-0.2, 0) is 13.0 Å². The first-order valence-electron chi connectivity index (χ1n) is 10.7. The Bertz CT molecular complexity index is 830. The summed E-state index contributed by atoms with van der Waals surface area (Å²) in [7, 11) is 0. The Morgan fingerprint density at radius 3 is 2.57 bits per heavy atom. The molecule has 0 spiro atoms. The van der Waals surface area contributed by atoms with E-state index in [0.29, 0.717) is 19.1 Å². The van der Waals surface area contributed by atoms with Crippen LogP contribution in [0.1, 0.15) is 36.6 Å². The summed E-state index contributed by atoms with van der Waals surface area (Å²) in [6.07, 6.45) is 4.73. The minimum absolute atomic E-state index is 0.352. The van der Waals surface area contributed by atoms with Gasteiger partial charge in [-0.1, -0.05) is 12.1 Å². The third-order valence-electron chi connectivity index (χ3n) is 5.31. The van der Waals surface area contributed by atoms with Crippen LogP contribution in [0.15, 0.2) is 41.5 Å². The Morgan fingerprint density at radius 1 is 1.13 bits per heavy atom. The van der Waals surface area contributed by atoms with Crippen LogP contribution < -0.4 is 10.6 Å². The van der Waals surface area contributed by atoms with Crippen molar-refractivity contribution in [1.29, 1.82) is 0 Å². The van der Waals surface area contributed by atoms with Gasteiger partial charge in [-0.2, -0.15) is 0 Å². The zero-order chi connectivity index (χ0) is 21.3. The number of aliphatic imine (C=N–C) groups is 1. The van der Waals surface area contributed by atoms with Crippen molar-refractivity contribution in [1.82, 2.24) is 20.5 Å². The van der Waals surface area contributed by atoms with E-state index in [0.717, 1.165) is 56.1 Å². The summed E-state index contributed by atoms with van der Waals surface area (Å²) < 4.78 is 26.5. The maximum absolute atomic E-state index is 13.4. The molecule has 1 aromatic heterocycles.